The van der Waals surface area contributed by atoms with E-state index in [1.807, 2.05) is 18.2 Å². The zero-order valence-corrected chi connectivity index (χ0v) is 14.4. The van der Waals surface area contributed by atoms with Gasteiger partial charge < -0.3 is 19.9 Å². The number of nitrogens with one attached hydrogen (secondary N) is 1. The number of amides is 1. The van der Waals surface area contributed by atoms with Crippen LogP contribution in [0.5, 0.6) is 11.5 Å². The van der Waals surface area contributed by atoms with Gasteiger partial charge in [0.1, 0.15) is 17.1 Å². The maximum atomic E-state index is 12.1. The van der Waals surface area contributed by atoms with Crippen LogP contribution in [-0.4, -0.2) is 30.2 Å². The van der Waals surface area contributed by atoms with E-state index in [9.17, 15) is 14.7 Å². The highest BCUT2D eigenvalue weighted by Crippen LogP contribution is 2.20. The molecular weight excluding hydrogens is 322 g/mol. The normalized spacial score (nSPS) is 11.5. The molecule has 0 spiro atoms. The largest absolute Gasteiger partial charge is 0.507 e. The minimum absolute atomic E-state index is 0.0318. The number of phenols is 1. The van der Waals surface area contributed by atoms with Gasteiger partial charge in [-0.25, -0.2) is 4.79 Å². The molecule has 1 unspecified atom stereocenters. The van der Waals surface area contributed by atoms with Crippen molar-refractivity contribution in [1.82, 2.24) is 5.32 Å². The summed E-state index contributed by atoms with van der Waals surface area (Å²) in [5.74, 6) is -0.707. The van der Waals surface area contributed by atoms with Crippen molar-refractivity contribution >= 4 is 11.9 Å². The predicted molar refractivity (Wildman–Crippen MR) is 92.6 cm³/mol. The van der Waals surface area contributed by atoms with Gasteiger partial charge in [0.15, 0.2) is 6.10 Å². The molecule has 2 aromatic rings. The predicted octanol–water partition coefficient (Wildman–Crippen LogP) is 2.57. The lowest BCUT2D eigenvalue weighted by atomic mass is 10.1. The maximum Gasteiger partial charge on any atom is 0.342 e. The number of carbonyl (C=O) groups excluding carboxylic acids is 2. The second kappa shape index (κ2) is 8.19. The van der Waals surface area contributed by atoms with Crippen molar-refractivity contribution < 1.29 is 24.2 Å². The van der Waals surface area contributed by atoms with Crippen LogP contribution in [0.3, 0.4) is 0 Å². The van der Waals surface area contributed by atoms with E-state index in [0.29, 0.717) is 5.75 Å². The van der Waals surface area contributed by atoms with Crippen LogP contribution in [0.15, 0.2) is 42.5 Å². The number of aryl methyl sites for hydroxylation is 1. The van der Waals surface area contributed by atoms with Crippen molar-refractivity contribution in [2.24, 2.45) is 0 Å². The Kier molecular flexibility index (Phi) is 6.00. The highest BCUT2D eigenvalue weighted by Gasteiger charge is 2.21. The maximum absolute atomic E-state index is 12.1. The average Bonchev–Trinajstić information content (AvgIpc) is 2.61. The number of hydrogen-bond acceptors (Lipinski definition) is 5. The number of ether oxygens (including phenoxy) is 2. The fourth-order valence-electron chi connectivity index (χ4n) is 2.27. The van der Waals surface area contributed by atoms with Gasteiger partial charge in [0, 0.05) is 12.1 Å². The molecule has 1 amide bonds. The molecule has 0 aliphatic rings. The fraction of sp³-hybridized carbons (Fsp3) is 0.263. The first kappa shape index (κ1) is 18.3. The van der Waals surface area contributed by atoms with E-state index in [2.05, 4.69) is 5.32 Å². The third-order valence-corrected chi connectivity index (χ3v) is 3.67. The first-order chi connectivity index (χ1) is 11.9. The summed E-state index contributed by atoms with van der Waals surface area (Å²) in [5.41, 5.74) is 1.65. The fourth-order valence-corrected chi connectivity index (χ4v) is 2.27. The Balaban J connectivity index is 1.96. The van der Waals surface area contributed by atoms with Crippen LogP contribution in [-0.2, 0) is 16.1 Å². The molecule has 0 aliphatic carbocycles. The minimum Gasteiger partial charge on any atom is -0.507 e. The van der Waals surface area contributed by atoms with Crippen LogP contribution in [0.2, 0.25) is 0 Å². The van der Waals surface area contributed by atoms with Gasteiger partial charge >= 0.3 is 5.97 Å². The summed E-state index contributed by atoms with van der Waals surface area (Å²) in [4.78, 5) is 24.3. The molecule has 1 atom stereocenters. The second-order valence-corrected chi connectivity index (χ2v) is 5.60. The molecule has 6 heteroatoms. The summed E-state index contributed by atoms with van der Waals surface area (Å²) in [6, 6.07) is 11.9. The molecule has 0 saturated carbocycles. The van der Waals surface area contributed by atoms with Crippen LogP contribution in [0.25, 0.3) is 0 Å². The van der Waals surface area contributed by atoms with E-state index in [4.69, 9.17) is 9.47 Å². The molecule has 0 radical (unpaired) electrons. The lowest BCUT2D eigenvalue weighted by molar-refractivity contribution is -0.129. The van der Waals surface area contributed by atoms with E-state index < -0.39 is 18.0 Å². The summed E-state index contributed by atoms with van der Waals surface area (Å²) >= 11 is 0. The van der Waals surface area contributed by atoms with Crippen LogP contribution < -0.4 is 10.1 Å². The zero-order chi connectivity index (χ0) is 18.4. The van der Waals surface area contributed by atoms with Crippen LogP contribution >= 0.6 is 0 Å². The summed E-state index contributed by atoms with van der Waals surface area (Å²) in [6.07, 6.45) is -0.998. The molecule has 0 fully saturated rings. The first-order valence-electron chi connectivity index (χ1n) is 7.82. The number of carbonyl (C=O) groups is 2. The van der Waals surface area contributed by atoms with Gasteiger partial charge in [-0.1, -0.05) is 29.8 Å². The van der Waals surface area contributed by atoms with E-state index in [0.717, 1.165) is 11.1 Å². The molecular formula is C19H21NO5. The third kappa shape index (κ3) is 4.73. The molecule has 0 aromatic heterocycles. The number of benzene rings is 2. The molecule has 2 rings (SSSR count). The van der Waals surface area contributed by atoms with Gasteiger partial charge in [0.05, 0.1) is 7.11 Å². The smallest absolute Gasteiger partial charge is 0.342 e. The molecule has 0 aliphatic heterocycles. The van der Waals surface area contributed by atoms with Crippen molar-refractivity contribution in [1.29, 1.82) is 0 Å². The Hall–Kier alpha value is -3.02. The Morgan fingerprint density at radius 3 is 2.64 bits per heavy atom. The van der Waals surface area contributed by atoms with Gasteiger partial charge in [0.2, 0.25) is 0 Å². The van der Waals surface area contributed by atoms with E-state index >= 15 is 0 Å². The van der Waals surface area contributed by atoms with Crippen LogP contribution in [0.4, 0.5) is 0 Å². The molecule has 0 bridgehead atoms. The van der Waals surface area contributed by atoms with Gasteiger partial charge in [-0.05, 0) is 32.0 Å². The summed E-state index contributed by atoms with van der Waals surface area (Å²) in [7, 11) is 1.55. The highest BCUT2D eigenvalue weighted by molar-refractivity contribution is 5.94. The van der Waals surface area contributed by atoms with Gasteiger partial charge in [-0.3, -0.25) is 4.79 Å². The summed E-state index contributed by atoms with van der Waals surface area (Å²) in [6.45, 7) is 3.52. The Morgan fingerprint density at radius 1 is 1.20 bits per heavy atom. The van der Waals surface area contributed by atoms with Crippen molar-refractivity contribution in [2.45, 2.75) is 26.5 Å². The number of rotatable bonds is 6. The van der Waals surface area contributed by atoms with Gasteiger partial charge in [-0.15, -0.1) is 0 Å². The standard InChI is InChI=1S/C19H21NO5/c1-12-8-9-16(21)15(10-12)19(23)25-13(2)18(22)20-11-14-6-4-5-7-17(14)24-3/h4-10,13,21H,11H2,1-3H3,(H,20,22). The van der Waals surface area contributed by atoms with Crippen molar-refractivity contribution in [2.75, 3.05) is 7.11 Å². The number of esters is 1. The highest BCUT2D eigenvalue weighted by atomic mass is 16.5. The topological polar surface area (TPSA) is 84.9 Å². The lowest BCUT2D eigenvalue weighted by Gasteiger charge is -2.15. The monoisotopic (exact) mass is 343 g/mol. The Bertz CT molecular complexity index is 772. The third-order valence-electron chi connectivity index (χ3n) is 3.67. The molecule has 0 heterocycles. The summed E-state index contributed by atoms with van der Waals surface area (Å²) < 4.78 is 10.4. The molecule has 2 aromatic carbocycles. The summed E-state index contributed by atoms with van der Waals surface area (Å²) in [5, 5.41) is 12.4. The second-order valence-electron chi connectivity index (χ2n) is 5.60. The Labute approximate surface area is 146 Å². The van der Waals surface area contributed by atoms with Gasteiger partial charge in [-0.2, -0.15) is 0 Å². The first-order valence-corrected chi connectivity index (χ1v) is 7.82. The van der Waals surface area contributed by atoms with E-state index in [1.165, 1.54) is 19.1 Å². The van der Waals surface area contributed by atoms with E-state index in [-0.39, 0.29) is 17.9 Å². The number of phenolic OH excluding ortho intramolecular Hbond substituents is 1. The van der Waals surface area contributed by atoms with Crippen LogP contribution in [0.1, 0.15) is 28.4 Å². The number of hydrogen-bond donors (Lipinski definition) is 2. The lowest BCUT2D eigenvalue weighted by Crippen LogP contribution is -2.35. The molecule has 2 N–H and O–H groups in total. The average molecular weight is 343 g/mol. The van der Waals surface area contributed by atoms with Gasteiger partial charge in [0.25, 0.3) is 5.91 Å². The van der Waals surface area contributed by atoms with Crippen LogP contribution in [0, 0.1) is 6.92 Å². The number of para-hydroxylation sites is 1. The Morgan fingerprint density at radius 2 is 1.92 bits per heavy atom. The van der Waals surface area contributed by atoms with E-state index in [1.54, 1.807) is 26.2 Å². The van der Waals surface area contributed by atoms with Crippen molar-refractivity contribution in [3.63, 3.8) is 0 Å². The van der Waals surface area contributed by atoms with Crippen molar-refractivity contribution in [3.05, 3.63) is 59.2 Å². The SMILES string of the molecule is COc1ccccc1CNC(=O)C(C)OC(=O)c1cc(C)ccc1O. The molecule has 25 heavy (non-hydrogen) atoms. The molecule has 0 saturated heterocycles. The zero-order valence-electron chi connectivity index (χ0n) is 14.4. The van der Waals surface area contributed by atoms with Crippen molar-refractivity contribution in [3.8, 4) is 11.5 Å². The molecule has 132 valence electrons. The molecule has 6 nitrogen and oxygen atoms in total. The number of methoxy groups -OCH3 is 1. The quantitative estimate of drug-likeness (QED) is 0.788. The number of aromatic hydroxyl groups is 1. The minimum atomic E-state index is -0.998.